The fourth-order valence-corrected chi connectivity index (χ4v) is 2.52. The molecular formula is C18H26N2O. The molecule has 0 atom stereocenters. The zero-order chi connectivity index (χ0) is 15.1. The van der Waals surface area contributed by atoms with E-state index in [-0.39, 0.29) is 0 Å². The van der Waals surface area contributed by atoms with Crippen LogP contribution >= 0.6 is 0 Å². The molecule has 2 N–H and O–H groups in total. The van der Waals surface area contributed by atoms with Crippen molar-refractivity contribution in [3.05, 3.63) is 29.3 Å². The molecule has 0 unspecified atom stereocenters. The average molecular weight is 286 g/mol. The van der Waals surface area contributed by atoms with Gasteiger partial charge in [-0.1, -0.05) is 31.3 Å². The number of ether oxygens (including phenoxy) is 1. The highest BCUT2D eigenvalue weighted by molar-refractivity contribution is 5.48. The van der Waals surface area contributed by atoms with E-state index in [1.165, 1.54) is 37.8 Å². The van der Waals surface area contributed by atoms with Gasteiger partial charge in [0.15, 0.2) is 0 Å². The van der Waals surface area contributed by atoms with Gasteiger partial charge in [-0.3, -0.25) is 4.90 Å². The van der Waals surface area contributed by atoms with Crippen molar-refractivity contribution in [2.75, 3.05) is 20.2 Å². The first kappa shape index (κ1) is 15.9. The summed E-state index contributed by atoms with van der Waals surface area (Å²) in [6.45, 7) is 4.82. The maximum absolute atomic E-state index is 5.47. The summed E-state index contributed by atoms with van der Waals surface area (Å²) in [4.78, 5) is 2.60. The molecule has 0 spiro atoms. The Bertz CT molecular complexity index is 512. The Balaban J connectivity index is 2.11. The van der Waals surface area contributed by atoms with Crippen molar-refractivity contribution in [3.63, 3.8) is 0 Å². The van der Waals surface area contributed by atoms with Crippen molar-refractivity contribution in [3.8, 4) is 17.6 Å². The van der Waals surface area contributed by atoms with E-state index in [9.17, 15) is 0 Å². The first-order valence-electron chi connectivity index (χ1n) is 7.88. The zero-order valence-corrected chi connectivity index (χ0v) is 13.2. The van der Waals surface area contributed by atoms with Gasteiger partial charge in [0.1, 0.15) is 5.75 Å². The van der Waals surface area contributed by atoms with Crippen LogP contribution in [0.5, 0.6) is 5.75 Å². The van der Waals surface area contributed by atoms with E-state index in [4.69, 9.17) is 10.5 Å². The van der Waals surface area contributed by atoms with Crippen LogP contribution in [0.15, 0.2) is 18.2 Å². The quantitative estimate of drug-likeness (QED) is 0.783. The molecule has 3 heteroatoms. The van der Waals surface area contributed by atoms with E-state index in [2.05, 4.69) is 35.8 Å². The number of methoxy groups -OCH3 is 1. The van der Waals surface area contributed by atoms with Gasteiger partial charge in [0.2, 0.25) is 0 Å². The summed E-state index contributed by atoms with van der Waals surface area (Å²) in [5.74, 6) is 6.85. The third-order valence-electron chi connectivity index (χ3n) is 3.84. The van der Waals surface area contributed by atoms with Gasteiger partial charge >= 0.3 is 0 Å². The van der Waals surface area contributed by atoms with Crippen LogP contribution < -0.4 is 10.5 Å². The van der Waals surface area contributed by atoms with Crippen LogP contribution in [0.1, 0.15) is 43.7 Å². The molecule has 2 rings (SSSR count). The number of nitrogens with two attached hydrogens (primary N) is 1. The highest BCUT2D eigenvalue weighted by Gasteiger charge is 2.28. The highest BCUT2D eigenvalue weighted by Crippen LogP contribution is 2.29. The molecule has 1 saturated carbocycles. The first-order valence-corrected chi connectivity index (χ1v) is 7.88. The van der Waals surface area contributed by atoms with Gasteiger partial charge in [0.25, 0.3) is 0 Å². The lowest BCUT2D eigenvalue weighted by atomic mass is 10.1. The second kappa shape index (κ2) is 8.07. The van der Waals surface area contributed by atoms with Crippen molar-refractivity contribution in [1.29, 1.82) is 0 Å². The normalized spacial score (nSPS) is 13.9. The average Bonchev–Trinajstić information content (AvgIpc) is 3.34. The maximum Gasteiger partial charge on any atom is 0.134 e. The van der Waals surface area contributed by atoms with Crippen LogP contribution in [0.25, 0.3) is 0 Å². The lowest BCUT2D eigenvalue weighted by Gasteiger charge is -2.22. The fourth-order valence-electron chi connectivity index (χ4n) is 2.52. The Kier molecular flexibility index (Phi) is 6.10. The number of hydrogen-bond donors (Lipinski definition) is 1. The topological polar surface area (TPSA) is 38.5 Å². The van der Waals surface area contributed by atoms with E-state index < -0.39 is 0 Å². The summed E-state index contributed by atoms with van der Waals surface area (Å²) in [5.41, 5.74) is 7.71. The van der Waals surface area contributed by atoms with Crippen LogP contribution in [0.4, 0.5) is 0 Å². The molecule has 1 aliphatic rings. The lowest BCUT2D eigenvalue weighted by Crippen LogP contribution is -2.26. The van der Waals surface area contributed by atoms with Gasteiger partial charge in [-0.15, -0.1) is 0 Å². The van der Waals surface area contributed by atoms with Gasteiger partial charge in [-0.05, 0) is 43.5 Å². The number of unbranched alkanes of at least 4 members (excludes halogenated alkanes) is 1. The molecule has 0 heterocycles. The van der Waals surface area contributed by atoms with Gasteiger partial charge < -0.3 is 10.5 Å². The van der Waals surface area contributed by atoms with Gasteiger partial charge in [-0.25, -0.2) is 0 Å². The minimum absolute atomic E-state index is 0.373. The van der Waals surface area contributed by atoms with E-state index in [1.807, 2.05) is 6.07 Å². The van der Waals surface area contributed by atoms with E-state index in [1.54, 1.807) is 7.11 Å². The van der Waals surface area contributed by atoms with Crippen molar-refractivity contribution in [1.82, 2.24) is 4.90 Å². The number of nitrogens with zero attached hydrogens (tertiary/aromatic N) is 1. The number of hydrogen-bond acceptors (Lipinski definition) is 3. The van der Waals surface area contributed by atoms with Crippen LogP contribution in [0, 0.1) is 11.8 Å². The minimum Gasteiger partial charge on any atom is -0.495 e. The summed E-state index contributed by atoms with van der Waals surface area (Å²) >= 11 is 0. The second-order valence-electron chi connectivity index (χ2n) is 5.60. The monoisotopic (exact) mass is 286 g/mol. The van der Waals surface area contributed by atoms with Gasteiger partial charge in [0.05, 0.1) is 19.2 Å². The van der Waals surface area contributed by atoms with Gasteiger partial charge in [0, 0.05) is 12.6 Å². The molecule has 0 bridgehead atoms. The van der Waals surface area contributed by atoms with Crippen molar-refractivity contribution >= 4 is 0 Å². The largest absolute Gasteiger partial charge is 0.495 e. The second-order valence-corrected chi connectivity index (χ2v) is 5.60. The van der Waals surface area contributed by atoms with Crippen LogP contribution in [-0.2, 0) is 6.54 Å². The smallest absolute Gasteiger partial charge is 0.134 e. The molecular weight excluding hydrogens is 260 g/mol. The number of rotatable bonds is 7. The van der Waals surface area contributed by atoms with Crippen molar-refractivity contribution in [2.24, 2.45) is 5.73 Å². The predicted octanol–water partition coefficient (Wildman–Crippen LogP) is 2.77. The molecule has 114 valence electrons. The summed E-state index contributed by atoms with van der Waals surface area (Å²) in [7, 11) is 1.68. The third-order valence-corrected chi connectivity index (χ3v) is 3.84. The Hall–Kier alpha value is -1.50. The molecule has 3 nitrogen and oxygen atoms in total. The summed E-state index contributed by atoms with van der Waals surface area (Å²) in [6, 6.07) is 7.09. The third kappa shape index (κ3) is 4.77. The highest BCUT2D eigenvalue weighted by atomic mass is 16.5. The van der Waals surface area contributed by atoms with E-state index in [0.29, 0.717) is 6.54 Å². The molecule has 1 fully saturated rings. The first-order chi connectivity index (χ1) is 10.3. The Morgan fingerprint density at radius 1 is 1.38 bits per heavy atom. The van der Waals surface area contributed by atoms with Crippen LogP contribution in [0.2, 0.25) is 0 Å². The van der Waals surface area contributed by atoms with Crippen LogP contribution in [-0.4, -0.2) is 31.1 Å². The van der Waals surface area contributed by atoms with Crippen LogP contribution in [0.3, 0.4) is 0 Å². The van der Waals surface area contributed by atoms with Gasteiger partial charge in [-0.2, -0.15) is 0 Å². The molecule has 1 aromatic carbocycles. The lowest BCUT2D eigenvalue weighted by molar-refractivity contribution is 0.250. The summed E-state index contributed by atoms with van der Waals surface area (Å²) in [5, 5.41) is 0. The zero-order valence-electron chi connectivity index (χ0n) is 13.2. The standard InChI is InChI=1S/C18H26N2O/c1-3-4-12-20(17-8-9-17)14-15-7-10-18(21-2)16(13-15)6-5-11-19/h7,10,13,17H,3-4,8-9,11-12,14,19H2,1-2H3. The molecule has 0 amide bonds. The Morgan fingerprint density at radius 3 is 2.81 bits per heavy atom. The van der Waals surface area contributed by atoms with E-state index in [0.717, 1.165) is 23.9 Å². The van der Waals surface area contributed by atoms with E-state index >= 15 is 0 Å². The fraction of sp³-hybridized carbons (Fsp3) is 0.556. The Morgan fingerprint density at radius 2 is 2.19 bits per heavy atom. The summed E-state index contributed by atoms with van der Waals surface area (Å²) < 4.78 is 5.37. The molecule has 0 radical (unpaired) electrons. The number of benzene rings is 1. The Labute approximate surface area is 128 Å². The molecule has 21 heavy (non-hydrogen) atoms. The van der Waals surface area contributed by atoms with Crippen molar-refractivity contribution in [2.45, 2.75) is 45.2 Å². The molecule has 1 aliphatic carbocycles. The summed E-state index contributed by atoms with van der Waals surface area (Å²) in [6.07, 6.45) is 5.21. The molecule has 1 aromatic rings. The minimum atomic E-state index is 0.373. The maximum atomic E-state index is 5.47. The molecule has 0 aromatic heterocycles. The SMILES string of the molecule is CCCCN(Cc1ccc(OC)c(C#CCN)c1)C1CC1. The van der Waals surface area contributed by atoms with Crippen molar-refractivity contribution < 1.29 is 4.74 Å². The predicted molar refractivity (Wildman–Crippen MR) is 87.3 cm³/mol. The molecule has 0 aliphatic heterocycles. The molecule has 0 saturated heterocycles.